The zero-order chi connectivity index (χ0) is 15.7. The van der Waals surface area contributed by atoms with Crippen molar-refractivity contribution in [2.45, 2.75) is 27.3 Å². The lowest BCUT2D eigenvalue weighted by atomic mass is 10.1. The van der Waals surface area contributed by atoms with E-state index < -0.39 is 23.2 Å². The van der Waals surface area contributed by atoms with E-state index in [9.17, 15) is 18.4 Å². The average molecular weight is 296 g/mol. The molecule has 0 N–H and O–H groups in total. The van der Waals surface area contributed by atoms with Gasteiger partial charge in [0, 0.05) is 12.2 Å². The summed E-state index contributed by atoms with van der Waals surface area (Å²) < 4.78 is 33.0. The molecule has 0 aromatic carbocycles. The van der Waals surface area contributed by atoms with Gasteiger partial charge in [-0.3, -0.25) is 4.79 Å². The zero-order valence-corrected chi connectivity index (χ0v) is 11.9. The second-order valence-electron chi connectivity index (χ2n) is 4.39. The minimum atomic E-state index is -1.28. The van der Waals surface area contributed by atoms with Gasteiger partial charge in [-0.05, 0) is 26.8 Å². The molecule has 2 rings (SSSR count). The van der Waals surface area contributed by atoms with Gasteiger partial charge in [0.1, 0.15) is 11.2 Å². The highest BCUT2D eigenvalue weighted by Gasteiger charge is 2.22. The molecule has 112 valence electrons. The van der Waals surface area contributed by atoms with E-state index in [0.29, 0.717) is 12.2 Å². The van der Waals surface area contributed by atoms with E-state index in [-0.39, 0.29) is 23.2 Å². The van der Waals surface area contributed by atoms with Crippen molar-refractivity contribution in [1.82, 2.24) is 9.55 Å². The van der Waals surface area contributed by atoms with Crippen molar-refractivity contribution in [3.05, 3.63) is 39.3 Å². The number of hydrogen-bond donors (Lipinski definition) is 0. The maximum Gasteiger partial charge on any atom is 0.343 e. The molecule has 21 heavy (non-hydrogen) atoms. The van der Waals surface area contributed by atoms with E-state index in [1.165, 1.54) is 4.57 Å². The lowest BCUT2D eigenvalue weighted by Crippen LogP contribution is -2.25. The van der Waals surface area contributed by atoms with Crippen molar-refractivity contribution < 1.29 is 18.3 Å². The number of esters is 1. The Hall–Kier alpha value is -2.31. The van der Waals surface area contributed by atoms with Gasteiger partial charge in [-0.25, -0.2) is 9.18 Å². The first-order valence-corrected chi connectivity index (χ1v) is 6.48. The quantitative estimate of drug-likeness (QED) is 0.643. The van der Waals surface area contributed by atoms with E-state index in [0.717, 1.165) is 6.07 Å². The molecule has 2 aromatic rings. The van der Waals surface area contributed by atoms with Gasteiger partial charge in [-0.2, -0.15) is 9.37 Å². The summed E-state index contributed by atoms with van der Waals surface area (Å²) in [5, 5.41) is -0.149. The van der Waals surface area contributed by atoms with Crippen LogP contribution in [0.15, 0.2) is 10.9 Å². The fourth-order valence-electron chi connectivity index (χ4n) is 2.25. The minimum Gasteiger partial charge on any atom is -0.462 e. The first kappa shape index (κ1) is 15.1. The predicted molar refractivity (Wildman–Crippen MR) is 72.3 cm³/mol. The van der Waals surface area contributed by atoms with Gasteiger partial charge < -0.3 is 9.30 Å². The molecule has 0 aliphatic carbocycles. The minimum absolute atomic E-state index is 0.00643. The van der Waals surface area contributed by atoms with Crippen LogP contribution < -0.4 is 5.43 Å². The number of fused-ring (bicyclic) bond motifs is 1. The molecule has 0 radical (unpaired) electrons. The van der Waals surface area contributed by atoms with Crippen LogP contribution in [0.5, 0.6) is 0 Å². The van der Waals surface area contributed by atoms with Crippen LogP contribution >= 0.6 is 0 Å². The summed E-state index contributed by atoms with van der Waals surface area (Å²) in [6.07, 6.45) is 0. The number of carbonyl (C=O) groups is 1. The van der Waals surface area contributed by atoms with E-state index in [4.69, 9.17) is 4.74 Å². The highest BCUT2D eigenvalue weighted by Crippen LogP contribution is 2.17. The summed E-state index contributed by atoms with van der Waals surface area (Å²) in [4.78, 5) is 27.8. The van der Waals surface area contributed by atoms with Crippen molar-refractivity contribution in [3.63, 3.8) is 0 Å². The van der Waals surface area contributed by atoms with Gasteiger partial charge in [0.05, 0.1) is 12.0 Å². The zero-order valence-electron chi connectivity index (χ0n) is 11.9. The molecule has 0 fully saturated rings. The Balaban J connectivity index is 2.93. The third-order valence-corrected chi connectivity index (χ3v) is 3.20. The molecule has 0 amide bonds. The van der Waals surface area contributed by atoms with E-state index >= 15 is 0 Å². The van der Waals surface area contributed by atoms with Gasteiger partial charge in [0.2, 0.25) is 5.43 Å². The normalized spacial score (nSPS) is 10.9. The topological polar surface area (TPSA) is 61.2 Å². The summed E-state index contributed by atoms with van der Waals surface area (Å²) in [5.41, 5.74) is -0.574. The molecule has 0 saturated heterocycles. The third-order valence-electron chi connectivity index (χ3n) is 3.20. The highest BCUT2D eigenvalue weighted by atomic mass is 19.2. The largest absolute Gasteiger partial charge is 0.462 e. The molecular weight excluding hydrogens is 282 g/mol. The van der Waals surface area contributed by atoms with Crippen molar-refractivity contribution in [2.24, 2.45) is 0 Å². The van der Waals surface area contributed by atoms with Crippen LogP contribution in [0.2, 0.25) is 0 Å². The molecule has 0 saturated carbocycles. The van der Waals surface area contributed by atoms with Crippen molar-refractivity contribution in [2.75, 3.05) is 6.61 Å². The number of aromatic nitrogens is 2. The van der Waals surface area contributed by atoms with Gasteiger partial charge in [0.25, 0.3) is 5.95 Å². The SMILES string of the molecule is CCOC(=O)c1c(C)n(CC)c2nc(F)c(F)cc2c1=O. The number of halogens is 2. The van der Waals surface area contributed by atoms with Gasteiger partial charge >= 0.3 is 5.97 Å². The first-order chi connectivity index (χ1) is 9.92. The number of nitrogens with zero attached hydrogens (tertiary/aromatic N) is 2. The van der Waals surface area contributed by atoms with Gasteiger partial charge in [-0.15, -0.1) is 0 Å². The van der Waals surface area contributed by atoms with Crippen LogP contribution in [0.3, 0.4) is 0 Å². The Kier molecular flexibility index (Phi) is 4.02. The fourth-order valence-corrected chi connectivity index (χ4v) is 2.25. The van der Waals surface area contributed by atoms with Crippen LogP contribution in [0.4, 0.5) is 8.78 Å². The number of aryl methyl sites for hydroxylation is 1. The molecule has 0 atom stereocenters. The van der Waals surface area contributed by atoms with E-state index in [1.54, 1.807) is 20.8 Å². The average Bonchev–Trinajstić information content (AvgIpc) is 2.42. The molecule has 2 heterocycles. The van der Waals surface area contributed by atoms with Gasteiger partial charge in [-0.1, -0.05) is 0 Å². The van der Waals surface area contributed by atoms with E-state index in [2.05, 4.69) is 4.98 Å². The van der Waals surface area contributed by atoms with Crippen LogP contribution in [-0.2, 0) is 11.3 Å². The summed E-state index contributed by atoms with van der Waals surface area (Å²) in [5.74, 6) is -3.30. The molecule has 0 aliphatic rings. The molecule has 7 heteroatoms. The maximum absolute atomic E-state index is 13.3. The number of ether oxygens (including phenoxy) is 1. The highest BCUT2D eigenvalue weighted by molar-refractivity contribution is 5.94. The number of hydrogen-bond acceptors (Lipinski definition) is 4. The maximum atomic E-state index is 13.3. The van der Waals surface area contributed by atoms with Crippen molar-refractivity contribution in [1.29, 1.82) is 0 Å². The predicted octanol–water partition coefficient (Wildman–Crippen LogP) is 2.18. The van der Waals surface area contributed by atoms with Crippen molar-refractivity contribution in [3.8, 4) is 0 Å². The molecule has 0 aliphatic heterocycles. The summed E-state index contributed by atoms with van der Waals surface area (Å²) in [6, 6.07) is 0.758. The smallest absolute Gasteiger partial charge is 0.343 e. The van der Waals surface area contributed by atoms with Crippen LogP contribution in [0.1, 0.15) is 29.9 Å². The Bertz CT molecular complexity index is 784. The Morgan fingerprint density at radius 1 is 1.38 bits per heavy atom. The summed E-state index contributed by atoms with van der Waals surface area (Å²) in [7, 11) is 0. The Morgan fingerprint density at radius 3 is 2.62 bits per heavy atom. The summed E-state index contributed by atoms with van der Waals surface area (Å²) in [6.45, 7) is 5.35. The Labute approximate surface area is 119 Å². The van der Waals surface area contributed by atoms with Crippen LogP contribution in [-0.4, -0.2) is 22.1 Å². The molecular formula is C14H14F2N2O3. The molecule has 0 bridgehead atoms. The number of rotatable bonds is 3. The lowest BCUT2D eigenvalue weighted by Gasteiger charge is -2.15. The standard InChI is InChI=1S/C14H14F2N2O3/c1-4-18-7(3)10(14(20)21-5-2)11(19)8-6-9(15)12(16)17-13(8)18/h6H,4-5H2,1-3H3. The first-order valence-electron chi connectivity index (χ1n) is 6.48. The monoisotopic (exact) mass is 296 g/mol. The van der Waals surface area contributed by atoms with E-state index in [1.807, 2.05) is 0 Å². The Morgan fingerprint density at radius 2 is 2.05 bits per heavy atom. The van der Waals surface area contributed by atoms with Crippen LogP contribution in [0, 0.1) is 18.7 Å². The van der Waals surface area contributed by atoms with Crippen molar-refractivity contribution >= 4 is 17.0 Å². The number of pyridine rings is 2. The fraction of sp³-hybridized carbons (Fsp3) is 0.357. The van der Waals surface area contributed by atoms with Crippen LogP contribution in [0.25, 0.3) is 11.0 Å². The second-order valence-corrected chi connectivity index (χ2v) is 4.39. The molecule has 2 aromatic heterocycles. The third kappa shape index (κ3) is 2.39. The summed E-state index contributed by atoms with van der Waals surface area (Å²) >= 11 is 0. The van der Waals surface area contributed by atoms with Gasteiger partial charge in [0.15, 0.2) is 5.82 Å². The molecule has 0 spiro atoms. The molecule has 0 unspecified atom stereocenters. The lowest BCUT2D eigenvalue weighted by molar-refractivity contribution is 0.0523. The second kappa shape index (κ2) is 5.59. The number of carbonyl (C=O) groups excluding carboxylic acids is 1. The molecule has 5 nitrogen and oxygen atoms in total.